The van der Waals surface area contributed by atoms with E-state index < -0.39 is 0 Å². The van der Waals surface area contributed by atoms with Gasteiger partial charge in [-0.25, -0.2) is 0 Å². The maximum Gasteiger partial charge on any atom is 0.0579 e. The van der Waals surface area contributed by atoms with Crippen LogP contribution in [0.2, 0.25) is 0 Å². The predicted octanol–water partition coefficient (Wildman–Crippen LogP) is 4.94. The molecule has 17 heavy (non-hydrogen) atoms. The van der Waals surface area contributed by atoms with Gasteiger partial charge in [-0.3, -0.25) is 0 Å². The zero-order valence-corrected chi connectivity index (χ0v) is 12.0. The van der Waals surface area contributed by atoms with Gasteiger partial charge in [0.05, 0.1) is 12.2 Å². The summed E-state index contributed by atoms with van der Waals surface area (Å²) in [5.41, 5.74) is 0.496. The van der Waals surface area contributed by atoms with E-state index >= 15 is 0 Å². The van der Waals surface area contributed by atoms with Gasteiger partial charge in [-0.05, 0) is 49.9 Å². The first-order chi connectivity index (χ1) is 8.05. The van der Waals surface area contributed by atoms with Crippen LogP contribution in [-0.2, 0) is 4.74 Å². The molecule has 2 rings (SSSR count). The molecule has 0 aromatic heterocycles. The van der Waals surface area contributed by atoms with E-state index in [1.807, 2.05) is 0 Å². The first-order valence-electron chi connectivity index (χ1n) is 7.71. The summed E-state index contributed by atoms with van der Waals surface area (Å²) in [7, 11) is 0. The van der Waals surface area contributed by atoms with Crippen LogP contribution >= 0.6 is 0 Å². The fourth-order valence-electron chi connectivity index (χ4n) is 3.54. The lowest BCUT2D eigenvalue weighted by Gasteiger charge is -2.38. The molecule has 0 unspecified atom stereocenters. The van der Waals surface area contributed by atoms with Gasteiger partial charge in [-0.1, -0.05) is 40.0 Å². The zero-order valence-electron chi connectivity index (χ0n) is 12.0. The third-order valence-corrected chi connectivity index (χ3v) is 4.84. The van der Waals surface area contributed by atoms with E-state index in [4.69, 9.17) is 4.74 Å². The monoisotopic (exact) mass is 238 g/mol. The minimum absolute atomic E-state index is 0.496. The van der Waals surface area contributed by atoms with Gasteiger partial charge in [-0.15, -0.1) is 0 Å². The Morgan fingerprint density at radius 1 is 0.706 bits per heavy atom. The van der Waals surface area contributed by atoms with E-state index in [1.54, 1.807) is 0 Å². The second kappa shape index (κ2) is 5.73. The second-order valence-corrected chi connectivity index (χ2v) is 7.24. The fraction of sp³-hybridized carbons (Fsp3) is 1.00. The van der Waals surface area contributed by atoms with Crippen LogP contribution < -0.4 is 0 Å². The Bertz CT molecular complexity index is 214. The van der Waals surface area contributed by atoms with E-state index in [0.29, 0.717) is 17.6 Å². The van der Waals surface area contributed by atoms with E-state index in [1.165, 1.54) is 57.8 Å². The summed E-state index contributed by atoms with van der Waals surface area (Å²) >= 11 is 0. The van der Waals surface area contributed by atoms with Crippen molar-refractivity contribution >= 4 is 0 Å². The largest absolute Gasteiger partial charge is 0.375 e. The summed E-state index contributed by atoms with van der Waals surface area (Å²) in [5.74, 6) is 0.911. The molecular weight excluding hydrogens is 208 g/mol. The molecule has 0 bridgehead atoms. The molecule has 2 saturated carbocycles. The van der Waals surface area contributed by atoms with Gasteiger partial charge in [0.2, 0.25) is 0 Å². The molecule has 2 fully saturated rings. The number of hydrogen-bond donors (Lipinski definition) is 0. The van der Waals surface area contributed by atoms with Crippen LogP contribution in [0.1, 0.15) is 78.6 Å². The van der Waals surface area contributed by atoms with Crippen LogP contribution in [0.25, 0.3) is 0 Å². The van der Waals surface area contributed by atoms with Crippen molar-refractivity contribution in [3.8, 4) is 0 Å². The highest BCUT2D eigenvalue weighted by atomic mass is 16.5. The molecule has 0 atom stereocenters. The lowest BCUT2D eigenvalue weighted by molar-refractivity contribution is -0.0575. The average Bonchev–Trinajstić information content (AvgIpc) is 2.30. The van der Waals surface area contributed by atoms with Crippen LogP contribution in [0.15, 0.2) is 0 Å². The van der Waals surface area contributed by atoms with E-state index in [9.17, 15) is 0 Å². The number of hydrogen-bond acceptors (Lipinski definition) is 1. The topological polar surface area (TPSA) is 9.23 Å². The Hall–Kier alpha value is -0.0400. The van der Waals surface area contributed by atoms with E-state index in [-0.39, 0.29) is 0 Å². The van der Waals surface area contributed by atoms with E-state index in [2.05, 4.69) is 20.8 Å². The van der Waals surface area contributed by atoms with Gasteiger partial charge in [0.1, 0.15) is 0 Å². The Morgan fingerprint density at radius 3 is 1.76 bits per heavy atom. The van der Waals surface area contributed by atoms with Crippen molar-refractivity contribution in [2.24, 2.45) is 11.3 Å². The summed E-state index contributed by atoms with van der Waals surface area (Å²) in [5, 5.41) is 0. The molecule has 2 aliphatic carbocycles. The highest BCUT2D eigenvalue weighted by Crippen LogP contribution is 2.39. The summed E-state index contributed by atoms with van der Waals surface area (Å²) in [6, 6.07) is 0. The van der Waals surface area contributed by atoms with Crippen molar-refractivity contribution in [2.75, 3.05) is 0 Å². The van der Waals surface area contributed by atoms with Gasteiger partial charge in [-0.2, -0.15) is 0 Å². The normalized spacial score (nSPS) is 32.6. The summed E-state index contributed by atoms with van der Waals surface area (Å²) in [6.45, 7) is 7.17. The predicted molar refractivity (Wildman–Crippen MR) is 73.2 cm³/mol. The van der Waals surface area contributed by atoms with Crippen LogP contribution in [-0.4, -0.2) is 12.2 Å². The minimum Gasteiger partial charge on any atom is -0.375 e. The van der Waals surface area contributed by atoms with E-state index in [0.717, 1.165) is 5.92 Å². The maximum absolute atomic E-state index is 6.29. The van der Waals surface area contributed by atoms with Crippen molar-refractivity contribution < 1.29 is 4.74 Å². The first kappa shape index (κ1) is 13.4. The lowest BCUT2D eigenvalue weighted by Crippen LogP contribution is -2.32. The van der Waals surface area contributed by atoms with Gasteiger partial charge < -0.3 is 4.74 Å². The van der Waals surface area contributed by atoms with Crippen molar-refractivity contribution in [1.82, 2.24) is 0 Å². The van der Waals surface area contributed by atoms with Crippen LogP contribution in [0.4, 0.5) is 0 Å². The van der Waals surface area contributed by atoms with Crippen molar-refractivity contribution in [3.05, 3.63) is 0 Å². The molecule has 0 aromatic carbocycles. The second-order valence-electron chi connectivity index (χ2n) is 7.24. The van der Waals surface area contributed by atoms with Crippen LogP contribution in [0, 0.1) is 11.3 Å². The molecule has 0 amide bonds. The Kier molecular flexibility index (Phi) is 4.52. The molecule has 0 aromatic rings. The van der Waals surface area contributed by atoms with Crippen LogP contribution in [0.5, 0.6) is 0 Å². The molecule has 0 heterocycles. The molecular formula is C16H30O. The molecule has 0 spiro atoms. The van der Waals surface area contributed by atoms with Crippen molar-refractivity contribution in [2.45, 2.75) is 90.8 Å². The van der Waals surface area contributed by atoms with Gasteiger partial charge >= 0.3 is 0 Å². The van der Waals surface area contributed by atoms with Crippen molar-refractivity contribution in [1.29, 1.82) is 0 Å². The number of rotatable bonds is 2. The highest BCUT2D eigenvalue weighted by molar-refractivity contribution is 4.81. The molecule has 0 saturated heterocycles. The Morgan fingerprint density at radius 2 is 1.24 bits per heavy atom. The Balaban J connectivity index is 1.71. The standard InChI is InChI=1S/C16H30O/c1-16(2,3)13-9-11-15(12-10-13)17-14-7-5-4-6-8-14/h13-15H,4-12H2,1-3H3. The smallest absolute Gasteiger partial charge is 0.0579 e. The lowest BCUT2D eigenvalue weighted by atomic mass is 9.72. The van der Waals surface area contributed by atoms with Gasteiger partial charge in [0, 0.05) is 0 Å². The van der Waals surface area contributed by atoms with Crippen molar-refractivity contribution in [3.63, 3.8) is 0 Å². The first-order valence-corrected chi connectivity index (χ1v) is 7.71. The summed E-state index contributed by atoms with van der Waals surface area (Å²) in [6.07, 6.45) is 13.4. The van der Waals surface area contributed by atoms with Gasteiger partial charge in [0.15, 0.2) is 0 Å². The summed E-state index contributed by atoms with van der Waals surface area (Å²) < 4.78 is 6.29. The highest BCUT2D eigenvalue weighted by Gasteiger charge is 2.31. The summed E-state index contributed by atoms with van der Waals surface area (Å²) in [4.78, 5) is 0. The average molecular weight is 238 g/mol. The van der Waals surface area contributed by atoms with Crippen LogP contribution in [0.3, 0.4) is 0 Å². The third kappa shape index (κ3) is 3.98. The quantitative estimate of drug-likeness (QED) is 0.662. The maximum atomic E-state index is 6.29. The molecule has 100 valence electrons. The Labute approximate surface area is 107 Å². The minimum atomic E-state index is 0.496. The van der Waals surface area contributed by atoms with Gasteiger partial charge in [0.25, 0.3) is 0 Å². The molecule has 0 radical (unpaired) electrons. The SMILES string of the molecule is CC(C)(C)C1CCC(OC2CCCCC2)CC1. The molecule has 1 heteroatoms. The fourth-order valence-corrected chi connectivity index (χ4v) is 3.54. The molecule has 2 aliphatic rings. The number of ether oxygens (including phenoxy) is 1. The molecule has 0 aliphatic heterocycles. The molecule has 0 N–H and O–H groups in total. The molecule has 1 nitrogen and oxygen atoms in total. The third-order valence-electron chi connectivity index (χ3n) is 4.84. The zero-order chi connectivity index (χ0) is 12.3.